The quantitative estimate of drug-likeness (QED) is 0.838. The van der Waals surface area contributed by atoms with Crippen LogP contribution in [0.2, 0.25) is 5.02 Å². The highest BCUT2D eigenvalue weighted by molar-refractivity contribution is 6.33. The number of piperidine rings is 1. The summed E-state index contributed by atoms with van der Waals surface area (Å²) in [6.07, 6.45) is 2.56. The fourth-order valence-corrected chi connectivity index (χ4v) is 3.09. The van der Waals surface area contributed by atoms with Gasteiger partial charge in [-0.2, -0.15) is 0 Å². The van der Waals surface area contributed by atoms with Gasteiger partial charge in [-0.25, -0.2) is 4.98 Å². The number of hydrogen-bond acceptors (Lipinski definition) is 5. The number of aliphatic hydroxyl groups is 1. The normalized spacial score (nSPS) is 21.1. The lowest BCUT2D eigenvalue weighted by atomic mass is 9.89. The minimum absolute atomic E-state index is 0.0989. The number of halogens is 1. The molecule has 1 unspecified atom stereocenters. The molecule has 0 aliphatic carbocycles. The smallest absolute Gasteiger partial charge is 0.254 e. The van der Waals surface area contributed by atoms with Crippen molar-refractivity contribution in [3.63, 3.8) is 0 Å². The molecule has 0 spiro atoms. The van der Waals surface area contributed by atoms with Crippen LogP contribution in [0.5, 0.6) is 0 Å². The van der Waals surface area contributed by atoms with Crippen molar-refractivity contribution >= 4 is 29.2 Å². The van der Waals surface area contributed by atoms with Crippen molar-refractivity contribution in [1.29, 1.82) is 0 Å². The maximum atomic E-state index is 11.9. The van der Waals surface area contributed by atoms with Crippen molar-refractivity contribution in [2.75, 3.05) is 32.1 Å². The van der Waals surface area contributed by atoms with Gasteiger partial charge in [0.2, 0.25) is 5.91 Å². The second kappa shape index (κ2) is 6.72. The van der Waals surface area contributed by atoms with Crippen LogP contribution in [-0.2, 0) is 4.79 Å². The fraction of sp³-hybridized carbons (Fsp3) is 0.533. The predicted molar refractivity (Wildman–Crippen MR) is 87.5 cm³/mol. The third kappa shape index (κ3) is 4.11. The number of aromatic nitrogens is 1. The Hall–Kier alpha value is -1.86. The lowest BCUT2D eigenvalue weighted by Crippen LogP contribution is -2.50. The molecule has 8 heteroatoms. The molecule has 1 aliphatic rings. The molecule has 1 aliphatic heterocycles. The van der Waals surface area contributed by atoms with Gasteiger partial charge in [0.25, 0.3) is 5.91 Å². The van der Waals surface area contributed by atoms with E-state index in [1.165, 1.54) is 11.1 Å². The molecule has 7 nitrogen and oxygen atoms in total. The fourth-order valence-electron chi connectivity index (χ4n) is 2.80. The van der Waals surface area contributed by atoms with Gasteiger partial charge in [0, 0.05) is 33.4 Å². The van der Waals surface area contributed by atoms with Crippen LogP contribution in [0.15, 0.2) is 12.3 Å². The van der Waals surface area contributed by atoms with E-state index in [-0.39, 0.29) is 18.9 Å². The number of rotatable bonds is 4. The molecule has 1 saturated heterocycles. The average Bonchev–Trinajstić information content (AvgIpc) is 2.44. The van der Waals surface area contributed by atoms with Crippen LogP contribution in [-0.4, -0.2) is 59.6 Å². The Kier molecular flexibility index (Phi) is 5.11. The van der Waals surface area contributed by atoms with Gasteiger partial charge in [0.05, 0.1) is 22.6 Å². The maximum absolute atomic E-state index is 11.9. The molecule has 0 radical (unpaired) electrons. The standard InChI is InChI=1S/C15H21ClN4O3/c1-19(2)14(22)10-6-11(16)13(18-8-10)20-5-3-4-15(23,9-20)7-12(17)21/h6,8,23H,3-5,7,9H2,1-2H3,(H2,17,21). The van der Waals surface area contributed by atoms with Crippen LogP contribution in [0.1, 0.15) is 29.6 Å². The van der Waals surface area contributed by atoms with Crippen molar-refractivity contribution in [3.05, 3.63) is 22.8 Å². The number of pyridine rings is 1. The van der Waals surface area contributed by atoms with Crippen LogP contribution in [0.25, 0.3) is 0 Å². The molecular formula is C15H21ClN4O3. The molecular weight excluding hydrogens is 320 g/mol. The first-order chi connectivity index (χ1) is 10.7. The Balaban J connectivity index is 2.21. The number of carbonyl (C=O) groups is 2. The zero-order chi connectivity index (χ0) is 17.2. The second-order valence-corrected chi connectivity index (χ2v) is 6.53. The first-order valence-electron chi connectivity index (χ1n) is 7.35. The molecule has 126 valence electrons. The van der Waals surface area contributed by atoms with Crippen LogP contribution in [0.3, 0.4) is 0 Å². The highest BCUT2D eigenvalue weighted by atomic mass is 35.5. The van der Waals surface area contributed by atoms with Gasteiger partial charge < -0.3 is 20.6 Å². The highest BCUT2D eigenvalue weighted by Gasteiger charge is 2.35. The second-order valence-electron chi connectivity index (χ2n) is 6.12. The Bertz CT molecular complexity index is 623. The van der Waals surface area contributed by atoms with Gasteiger partial charge in [-0.3, -0.25) is 9.59 Å². The molecule has 23 heavy (non-hydrogen) atoms. The van der Waals surface area contributed by atoms with E-state index in [4.69, 9.17) is 17.3 Å². The molecule has 0 saturated carbocycles. The summed E-state index contributed by atoms with van der Waals surface area (Å²) in [7, 11) is 3.30. The molecule has 1 aromatic heterocycles. The number of nitrogens with zero attached hydrogens (tertiary/aromatic N) is 3. The van der Waals surface area contributed by atoms with Crippen LogP contribution < -0.4 is 10.6 Å². The van der Waals surface area contributed by atoms with Crippen LogP contribution in [0.4, 0.5) is 5.82 Å². The SMILES string of the molecule is CN(C)C(=O)c1cnc(N2CCCC(O)(CC(N)=O)C2)c(Cl)c1. The minimum atomic E-state index is -1.17. The van der Waals surface area contributed by atoms with Gasteiger partial charge in [-0.05, 0) is 18.9 Å². The minimum Gasteiger partial charge on any atom is -0.388 e. The van der Waals surface area contributed by atoms with Gasteiger partial charge >= 0.3 is 0 Å². The van der Waals surface area contributed by atoms with E-state index in [0.717, 1.165) is 0 Å². The number of β-amino-alcohol motifs (C(OH)–C–C–N with tert-alkyl or cyclic N) is 1. The summed E-state index contributed by atoms with van der Waals surface area (Å²) in [6, 6.07) is 1.56. The Morgan fingerprint density at radius 3 is 2.78 bits per heavy atom. The molecule has 0 aromatic carbocycles. The lowest BCUT2D eigenvalue weighted by molar-refractivity contribution is -0.123. The molecule has 2 amide bonds. The molecule has 1 atom stereocenters. The van der Waals surface area contributed by atoms with Crippen molar-refractivity contribution in [1.82, 2.24) is 9.88 Å². The van der Waals surface area contributed by atoms with Crippen molar-refractivity contribution in [2.45, 2.75) is 24.9 Å². The largest absolute Gasteiger partial charge is 0.388 e. The van der Waals surface area contributed by atoms with E-state index in [9.17, 15) is 14.7 Å². The van der Waals surface area contributed by atoms with Crippen LogP contribution >= 0.6 is 11.6 Å². The number of amides is 2. The van der Waals surface area contributed by atoms with Crippen molar-refractivity contribution in [2.24, 2.45) is 5.73 Å². The van der Waals surface area contributed by atoms with E-state index in [1.54, 1.807) is 20.2 Å². The van der Waals surface area contributed by atoms with E-state index in [1.807, 2.05) is 4.90 Å². The number of primary amides is 1. The van der Waals surface area contributed by atoms with Gasteiger partial charge in [0.15, 0.2) is 0 Å². The Morgan fingerprint density at radius 2 is 2.22 bits per heavy atom. The first kappa shape index (κ1) is 17.5. The van der Waals surface area contributed by atoms with E-state index < -0.39 is 11.5 Å². The summed E-state index contributed by atoms with van der Waals surface area (Å²) in [6.45, 7) is 0.887. The van der Waals surface area contributed by atoms with Crippen molar-refractivity contribution in [3.8, 4) is 0 Å². The van der Waals surface area contributed by atoms with Crippen molar-refractivity contribution < 1.29 is 14.7 Å². The highest BCUT2D eigenvalue weighted by Crippen LogP contribution is 2.31. The summed E-state index contributed by atoms with van der Waals surface area (Å²) in [5.74, 6) is -0.236. The first-order valence-corrected chi connectivity index (χ1v) is 7.72. The summed E-state index contributed by atoms with van der Waals surface area (Å²) < 4.78 is 0. The molecule has 3 N–H and O–H groups in total. The topological polar surface area (TPSA) is 99.8 Å². The molecule has 0 bridgehead atoms. The number of hydrogen-bond donors (Lipinski definition) is 2. The summed E-state index contributed by atoms with van der Waals surface area (Å²) >= 11 is 6.26. The Morgan fingerprint density at radius 1 is 1.52 bits per heavy atom. The predicted octanol–water partition coefficient (Wildman–Crippen LogP) is 0.643. The van der Waals surface area contributed by atoms with Gasteiger partial charge in [-0.1, -0.05) is 11.6 Å². The number of carbonyl (C=O) groups excluding carboxylic acids is 2. The monoisotopic (exact) mass is 340 g/mol. The van der Waals surface area contributed by atoms with E-state index in [2.05, 4.69) is 4.98 Å². The Labute approximate surface area is 140 Å². The summed E-state index contributed by atoms with van der Waals surface area (Å²) in [5.41, 5.74) is 4.43. The molecule has 1 fully saturated rings. The maximum Gasteiger partial charge on any atom is 0.254 e. The summed E-state index contributed by atoms with van der Waals surface area (Å²) in [5, 5.41) is 10.8. The van der Waals surface area contributed by atoms with E-state index in [0.29, 0.717) is 35.8 Å². The third-order valence-corrected chi connectivity index (χ3v) is 4.11. The number of nitrogens with two attached hydrogens (primary N) is 1. The summed E-state index contributed by atoms with van der Waals surface area (Å²) in [4.78, 5) is 30.6. The van der Waals surface area contributed by atoms with Crippen LogP contribution in [0, 0.1) is 0 Å². The lowest BCUT2D eigenvalue weighted by Gasteiger charge is -2.39. The zero-order valence-electron chi connectivity index (χ0n) is 13.3. The molecule has 1 aromatic rings. The third-order valence-electron chi connectivity index (χ3n) is 3.83. The van der Waals surface area contributed by atoms with Gasteiger partial charge in [0.1, 0.15) is 5.82 Å². The number of anilines is 1. The average molecular weight is 341 g/mol. The molecule has 2 heterocycles. The molecule has 2 rings (SSSR count). The van der Waals surface area contributed by atoms with Gasteiger partial charge in [-0.15, -0.1) is 0 Å². The van der Waals surface area contributed by atoms with E-state index >= 15 is 0 Å². The zero-order valence-corrected chi connectivity index (χ0v) is 14.0.